The molecule has 0 spiro atoms. The first-order valence-corrected chi connectivity index (χ1v) is 10.9. The normalized spacial score (nSPS) is 10.8. The van der Waals surface area contributed by atoms with E-state index in [-0.39, 0.29) is 11.8 Å². The van der Waals surface area contributed by atoms with Crippen LogP contribution in [0.1, 0.15) is 95.8 Å². The first kappa shape index (κ1) is 30.3. The second kappa shape index (κ2) is 13.4. The average molecular weight is 421 g/mol. The zero-order valence-corrected chi connectivity index (χ0v) is 21.4. The van der Waals surface area contributed by atoms with Crippen LogP contribution in [-0.4, -0.2) is 29.6 Å². The summed E-state index contributed by atoms with van der Waals surface area (Å²) >= 11 is 0. The Balaban J connectivity index is 0. The number of Topliss-reactive ketones (excluding diaryl/α,β-unsaturated/α-hetero) is 1. The van der Waals surface area contributed by atoms with E-state index in [2.05, 4.69) is 6.58 Å². The van der Waals surface area contributed by atoms with Gasteiger partial charge >= 0.3 is 5.97 Å². The third-order valence-electron chi connectivity index (χ3n) is 4.50. The molecule has 0 aliphatic heterocycles. The first-order valence-electron chi connectivity index (χ1n) is 10.9. The topological polar surface area (TPSA) is 52.6 Å². The highest BCUT2D eigenvalue weighted by atomic mass is 16.6. The van der Waals surface area contributed by atoms with Crippen molar-refractivity contribution in [2.24, 2.45) is 0 Å². The van der Waals surface area contributed by atoms with Gasteiger partial charge in [0.25, 0.3) is 0 Å². The minimum atomic E-state index is -0.934. The lowest BCUT2D eigenvalue weighted by atomic mass is 9.98. The molecule has 0 amide bonds. The first-order chi connectivity index (χ1) is 13.8. The van der Waals surface area contributed by atoms with E-state index < -0.39 is 11.2 Å². The van der Waals surface area contributed by atoms with Crippen LogP contribution in [0, 0.1) is 20.8 Å². The van der Waals surface area contributed by atoms with Gasteiger partial charge in [-0.3, -0.25) is 4.79 Å². The minimum absolute atomic E-state index is 0.127. The number of ether oxygens (including phenoxy) is 2. The van der Waals surface area contributed by atoms with Crippen molar-refractivity contribution in [3.8, 4) is 0 Å². The van der Waals surface area contributed by atoms with Crippen LogP contribution < -0.4 is 0 Å². The second-order valence-corrected chi connectivity index (χ2v) is 8.12. The van der Waals surface area contributed by atoms with E-state index >= 15 is 0 Å². The lowest BCUT2D eigenvalue weighted by molar-refractivity contribution is -0.138. The van der Waals surface area contributed by atoms with Crippen LogP contribution in [0.5, 0.6) is 0 Å². The van der Waals surface area contributed by atoms with Crippen molar-refractivity contribution in [2.45, 2.75) is 101 Å². The average Bonchev–Trinajstić information content (AvgIpc) is 2.66. The van der Waals surface area contributed by atoms with Crippen molar-refractivity contribution < 1.29 is 19.1 Å². The summed E-state index contributed by atoms with van der Waals surface area (Å²) in [6.07, 6.45) is 0.482. The summed E-state index contributed by atoms with van der Waals surface area (Å²) in [4.78, 5) is 24.7. The van der Waals surface area contributed by atoms with Gasteiger partial charge < -0.3 is 9.47 Å². The summed E-state index contributed by atoms with van der Waals surface area (Å²) in [7, 11) is 0. The maximum Gasteiger partial charge on any atom is 0.338 e. The summed E-state index contributed by atoms with van der Waals surface area (Å²) in [5, 5.41) is 0. The quantitative estimate of drug-likeness (QED) is 0.338. The van der Waals surface area contributed by atoms with Crippen LogP contribution in [0.3, 0.4) is 0 Å². The van der Waals surface area contributed by atoms with Crippen molar-refractivity contribution in [3.63, 3.8) is 0 Å². The predicted octanol–water partition coefficient (Wildman–Crippen LogP) is 6.93. The van der Waals surface area contributed by atoms with Crippen LogP contribution in [0.25, 0.3) is 0 Å². The molecule has 1 aromatic carbocycles. The molecule has 0 heterocycles. The molecular weight excluding hydrogens is 376 g/mol. The number of aryl methyl sites for hydroxylation is 2. The van der Waals surface area contributed by atoms with E-state index in [1.165, 1.54) is 0 Å². The molecule has 0 N–H and O–H groups in total. The van der Waals surface area contributed by atoms with Gasteiger partial charge in [-0.1, -0.05) is 40.3 Å². The summed E-state index contributed by atoms with van der Waals surface area (Å²) in [6.45, 7) is 26.7. The fourth-order valence-electron chi connectivity index (χ4n) is 2.74. The highest BCUT2D eigenvalue weighted by Crippen LogP contribution is 2.23. The maximum absolute atomic E-state index is 12.6. The highest BCUT2D eigenvalue weighted by Gasteiger charge is 2.31. The Hall–Kier alpha value is -1.94. The molecule has 0 atom stereocenters. The van der Waals surface area contributed by atoms with E-state index in [0.29, 0.717) is 24.2 Å². The zero-order valence-electron chi connectivity index (χ0n) is 21.4. The van der Waals surface area contributed by atoms with E-state index in [9.17, 15) is 9.59 Å². The van der Waals surface area contributed by atoms with E-state index in [1.807, 2.05) is 74.4 Å². The number of esters is 1. The smallest absolute Gasteiger partial charge is 0.338 e. The SMILES string of the molecule is C=C(C)C(=O)C(C)(C)OCCC(C)(C)OC(=O)c1cc(C)cc(C)c1C.CC.CC. The molecule has 0 fully saturated rings. The van der Waals surface area contributed by atoms with Crippen LogP contribution >= 0.6 is 0 Å². The Morgan fingerprint density at radius 3 is 1.93 bits per heavy atom. The molecule has 0 aliphatic rings. The molecule has 1 rings (SSSR count). The Kier molecular flexibility index (Phi) is 13.5. The van der Waals surface area contributed by atoms with Crippen molar-refractivity contribution in [1.29, 1.82) is 0 Å². The van der Waals surface area contributed by atoms with Gasteiger partial charge in [0.05, 0.1) is 12.2 Å². The van der Waals surface area contributed by atoms with Crippen molar-refractivity contribution >= 4 is 11.8 Å². The van der Waals surface area contributed by atoms with Gasteiger partial charge in [0.1, 0.15) is 11.2 Å². The molecule has 0 unspecified atom stereocenters. The standard InChI is InChI=1S/C22H32O4.2C2H6/c1-14(2)19(23)22(8,9)25-11-10-21(6,7)26-20(24)18-13-15(3)12-16(4)17(18)5;2*1-2/h12-13H,1,10-11H2,2-9H3;2*1-2H3. The second-order valence-electron chi connectivity index (χ2n) is 8.12. The van der Waals surface area contributed by atoms with E-state index in [4.69, 9.17) is 9.47 Å². The number of benzene rings is 1. The van der Waals surface area contributed by atoms with Gasteiger partial charge in [-0.05, 0) is 83.7 Å². The van der Waals surface area contributed by atoms with Gasteiger partial charge in [0, 0.05) is 6.42 Å². The van der Waals surface area contributed by atoms with Crippen LogP contribution in [0.15, 0.2) is 24.3 Å². The maximum atomic E-state index is 12.6. The molecule has 172 valence electrons. The molecule has 0 aromatic heterocycles. The summed E-state index contributed by atoms with van der Waals surface area (Å²) in [6, 6.07) is 3.90. The molecule has 0 aliphatic carbocycles. The number of carbonyl (C=O) groups is 2. The molecule has 4 heteroatoms. The number of hydrogen-bond donors (Lipinski definition) is 0. The molecule has 0 bridgehead atoms. The fourth-order valence-corrected chi connectivity index (χ4v) is 2.74. The Bertz CT molecular complexity index is 712. The van der Waals surface area contributed by atoms with Crippen molar-refractivity contribution in [3.05, 3.63) is 46.5 Å². The fraction of sp³-hybridized carbons (Fsp3) is 0.615. The number of hydrogen-bond acceptors (Lipinski definition) is 4. The van der Waals surface area contributed by atoms with Gasteiger partial charge in [-0.25, -0.2) is 4.79 Å². The third kappa shape index (κ3) is 9.71. The monoisotopic (exact) mass is 420 g/mol. The van der Waals surface area contributed by atoms with Crippen molar-refractivity contribution in [2.75, 3.05) is 6.61 Å². The molecule has 1 aromatic rings. The molecule has 4 nitrogen and oxygen atoms in total. The molecular formula is C26H44O4. The molecule has 0 radical (unpaired) electrons. The van der Waals surface area contributed by atoms with Crippen molar-refractivity contribution in [1.82, 2.24) is 0 Å². The van der Waals surface area contributed by atoms with E-state index in [0.717, 1.165) is 16.7 Å². The van der Waals surface area contributed by atoms with E-state index in [1.54, 1.807) is 20.8 Å². The number of carbonyl (C=O) groups excluding carboxylic acids is 2. The Morgan fingerprint density at radius 1 is 0.967 bits per heavy atom. The summed E-state index contributed by atoms with van der Waals surface area (Å²) in [5.74, 6) is -0.463. The molecule has 0 saturated heterocycles. The molecule has 0 saturated carbocycles. The Labute approximate surface area is 185 Å². The highest BCUT2D eigenvalue weighted by molar-refractivity contribution is 6.00. The van der Waals surface area contributed by atoms with Gasteiger partial charge in [-0.2, -0.15) is 0 Å². The third-order valence-corrected chi connectivity index (χ3v) is 4.50. The Morgan fingerprint density at radius 2 is 1.47 bits per heavy atom. The van der Waals surface area contributed by atoms with Crippen LogP contribution in [0.2, 0.25) is 0 Å². The minimum Gasteiger partial charge on any atom is -0.456 e. The molecule has 30 heavy (non-hydrogen) atoms. The van der Waals surface area contributed by atoms with Crippen LogP contribution in [0.4, 0.5) is 0 Å². The predicted molar refractivity (Wildman–Crippen MR) is 127 cm³/mol. The largest absolute Gasteiger partial charge is 0.456 e. The van der Waals surface area contributed by atoms with Crippen LogP contribution in [-0.2, 0) is 14.3 Å². The summed E-state index contributed by atoms with van der Waals surface area (Å²) < 4.78 is 11.5. The summed E-state index contributed by atoms with van der Waals surface area (Å²) in [5.41, 5.74) is 2.44. The van der Waals surface area contributed by atoms with Gasteiger partial charge in [-0.15, -0.1) is 0 Å². The van der Waals surface area contributed by atoms with Gasteiger partial charge in [0.2, 0.25) is 0 Å². The van der Waals surface area contributed by atoms with Gasteiger partial charge in [0.15, 0.2) is 5.78 Å². The zero-order chi connectivity index (χ0) is 24.3. The lowest BCUT2D eigenvalue weighted by Crippen LogP contribution is -2.38. The number of rotatable bonds is 8. The number of ketones is 1. The lowest BCUT2D eigenvalue weighted by Gasteiger charge is -2.29.